The average Bonchev–Trinajstić information content (AvgIpc) is 3.20. The summed E-state index contributed by atoms with van der Waals surface area (Å²) in [6.07, 6.45) is 3.85. The number of hydrogen-bond donors (Lipinski definition) is 1. The number of nitrogens with one attached hydrogen (secondary N) is 1. The summed E-state index contributed by atoms with van der Waals surface area (Å²) in [5, 5.41) is 11.5. The standard InChI is InChI=1S/C21H22N4O2/c1-15-7-8-16(13-19(15)21(26)22-17-5-3-2-4-6-17)20-14-25(24-23-20)18-9-11-27-12-10-18/h2-8,13-14,18H,9-12H2,1H3,(H,22,26). The van der Waals surface area contributed by atoms with E-state index in [0.717, 1.165) is 48.6 Å². The maximum atomic E-state index is 12.7. The van der Waals surface area contributed by atoms with E-state index in [1.165, 1.54) is 0 Å². The molecule has 0 unspecified atom stereocenters. The quantitative estimate of drug-likeness (QED) is 0.765. The fourth-order valence-electron chi connectivity index (χ4n) is 3.28. The fourth-order valence-corrected chi connectivity index (χ4v) is 3.28. The van der Waals surface area contributed by atoms with E-state index in [4.69, 9.17) is 4.74 Å². The Morgan fingerprint density at radius 2 is 1.93 bits per heavy atom. The highest BCUT2D eigenvalue weighted by atomic mass is 16.5. The normalized spacial score (nSPS) is 14.9. The van der Waals surface area contributed by atoms with E-state index in [1.54, 1.807) is 0 Å². The van der Waals surface area contributed by atoms with Crippen LogP contribution in [0.1, 0.15) is 34.8 Å². The Morgan fingerprint density at radius 3 is 2.70 bits per heavy atom. The van der Waals surface area contributed by atoms with Crippen molar-refractivity contribution in [1.29, 1.82) is 0 Å². The maximum Gasteiger partial charge on any atom is 0.255 e. The van der Waals surface area contributed by atoms with Gasteiger partial charge in [-0.3, -0.25) is 4.79 Å². The predicted molar refractivity (Wildman–Crippen MR) is 104 cm³/mol. The van der Waals surface area contributed by atoms with E-state index >= 15 is 0 Å². The number of hydrogen-bond acceptors (Lipinski definition) is 4. The molecule has 1 aromatic heterocycles. The number of nitrogens with zero attached hydrogens (tertiary/aromatic N) is 3. The fraction of sp³-hybridized carbons (Fsp3) is 0.286. The minimum Gasteiger partial charge on any atom is -0.381 e. The third-order valence-electron chi connectivity index (χ3n) is 4.88. The van der Waals surface area contributed by atoms with Crippen molar-refractivity contribution in [3.05, 3.63) is 65.9 Å². The molecule has 0 atom stereocenters. The highest BCUT2D eigenvalue weighted by Gasteiger charge is 2.18. The minimum absolute atomic E-state index is 0.127. The summed E-state index contributed by atoms with van der Waals surface area (Å²) in [6, 6.07) is 15.6. The smallest absolute Gasteiger partial charge is 0.255 e. The van der Waals surface area contributed by atoms with Crippen LogP contribution in [-0.2, 0) is 4.74 Å². The molecule has 1 saturated heterocycles. The van der Waals surface area contributed by atoms with Crippen molar-refractivity contribution in [1.82, 2.24) is 15.0 Å². The van der Waals surface area contributed by atoms with Gasteiger partial charge in [0.1, 0.15) is 5.69 Å². The lowest BCUT2D eigenvalue weighted by molar-refractivity contribution is 0.0657. The van der Waals surface area contributed by atoms with E-state index in [2.05, 4.69) is 15.6 Å². The SMILES string of the molecule is Cc1ccc(-c2cn(C3CCOCC3)nn2)cc1C(=O)Nc1ccccc1. The van der Waals surface area contributed by atoms with E-state index in [9.17, 15) is 4.79 Å². The molecule has 1 aliphatic heterocycles. The van der Waals surface area contributed by atoms with Crippen LogP contribution in [0.3, 0.4) is 0 Å². The molecule has 1 fully saturated rings. The molecule has 0 aliphatic carbocycles. The highest BCUT2D eigenvalue weighted by molar-refractivity contribution is 6.05. The van der Waals surface area contributed by atoms with Crippen LogP contribution in [0.2, 0.25) is 0 Å². The Balaban J connectivity index is 1.57. The lowest BCUT2D eigenvalue weighted by Gasteiger charge is -2.21. The zero-order valence-electron chi connectivity index (χ0n) is 15.3. The van der Waals surface area contributed by atoms with Crippen LogP contribution in [-0.4, -0.2) is 34.1 Å². The Hall–Kier alpha value is -2.99. The third kappa shape index (κ3) is 3.90. The first-order valence-corrected chi connectivity index (χ1v) is 9.18. The number of carbonyl (C=O) groups is 1. The van der Waals surface area contributed by atoms with Crippen molar-refractivity contribution in [3.8, 4) is 11.3 Å². The molecule has 2 heterocycles. The van der Waals surface area contributed by atoms with Crippen molar-refractivity contribution >= 4 is 11.6 Å². The molecule has 0 saturated carbocycles. The molecule has 1 N–H and O–H groups in total. The summed E-state index contributed by atoms with van der Waals surface area (Å²) in [4.78, 5) is 12.7. The van der Waals surface area contributed by atoms with Gasteiger partial charge in [0.05, 0.1) is 12.2 Å². The van der Waals surface area contributed by atoms with Crippen LogP contribution < -0.4 is 5.32 Å². The second-order valence-corrected chi connectivity index (χ2v) is 6.78. The molecule has 3 aromatic rings. The van der Waals surface area contributed by atoms with Crippen LogP contribution in [0.4, 0.5) is 5.69 Å². The van der Waals surface area contributed by atoms with Gasteiger partial charge >= 0.3 is 0 Å². The summed E-state index contributed by atoms with van der Waals surface area (Å²) in [5.74, 6) is -0.127. The number of rotatable bonds is 4. The number of benzene rings is 2. The summed E-state index contributed by atoms with van der Waals surface area (Å²) in [5.41, 5.74) is 3.99. The van der Waals surface area contributed by atoms with Crippen LogP contribution in [0.15, 0.2) is 54.7 Å². The van der Waals surface area contributed by atoms with Gasteiger partial charge in [-0.15, -0.1) is 5.10 Å². The maximum absolute atomic E-state index is 12.7. The van der Waals surface area contributed by atoms with Crippen molar-refractivity contribution in [2.24, 2.45) is 0 Å². The van der Waals surface area contributed by atoms with E-state index < -0.39 is 0 Å². The van der Waals surface area contributed by atoms with E-state index in [-0.39, 0.29) is 5.91 Å². The Labute approximate surface area is 158 Å². The van der Waals surface area contributed by atoms with Gasteiger partial charge in [0, 0.05) is 30.0 Å². The van der Waals surface area contributed by atoms with Crippen molar-refractivity contribution in [2.75, 3.05) is 18.5 Å². The first kappa shape index (κ1) is 17.4. The van der Waals surface area contributed by atoms with Gasteiger partial charge in [-0.1, -0.05) is 35.5 Å². The first-order valence-electron chi connectivity index (χ1n) is 9.18. The molecular formula is C21H22N4O2. The zero-order valence-corrected chi connectivity index (χ0v) is 15.3. The monoisotopic (exact) mass is 362 g/mol. The molecule has 0 spiro atoms. The van der Waals surface area contributed by atoms with Crippen LogP contribution >= 0.6 is 0 Å². The lowest BCUT2D eigenvalue weighted by Crippen LogP contribution is -2.19. The van der Waals surface area contributed by atoms with Crippen molar-refractivity contribution in [3.63, 3.8) is 0 Å². The predicted octanol–water partition coefficient (Wildman–Crippen LogP) is 3.86. The molecule has 6 heteroatoms. The Bertz CT molecular complexity index is 930. The average molecular weight is 362 g/mol. The summed E-state index contributed by atoms with van der Waals surface area (Å²) < 4.78 is 7.33. The van der Waals surface area contributed by atoms with Crippen LogP contribution in [0.25, 0.3) is 11.3 Å². The highest BCUT2D eigenvalue weighted by Crippen LogP contribution is 2.25. The topological polar surface area (TPSA) is 69.0 Å². The number of aromatic nitrogens is 3. The van der Waals surface area contributed by atoms with Crippen LogP contribution in [0, 0.1) is 6.92 Å². The first-order chi connectivity index (χ1) is 13.2. The number of para-hydroxylation sites is 1. The van der Waals surface area contributed by atoms with Crippen molar-refractivity contribution in [2.45, 2.75) is 25.8 Å². The van der Waals surface area contributed by atoms with Gasteiger partial charge < -0.3 is 10.1 Å². The Kier molecular flexibility index (Phi) is 4.98. The molecule has 4 rings (SSSR count). The van der Waals surface area contributed by atoms with Gasteiger partial charge in [-0.05, 0) is 43.5 Å². The minimum atomic E-state index is -0.127. The number of amides is 1. The van der Waals surface area contributed by atoms with Gasteiger partial charge in [0.25, 0.3) is 5.91 Å². The number of carbonyl (C=O) groups excluding carboxylic acids is 1. The van der Waals surface area contributed by atoms with E-state index in [1.807, 2.05) is 66.3 Å². The van der Waals surface area contributed by atoms with Crippen molar-refractivity contribution < 1.29 is 9.53 Å². The number of anilines is 1. The molecule has 2 aromatic carbocycles. The molecule has 6 nitrogen and oxygen atoms in total. The molecule has 0 radical (unpaired) electrons. The number of aryl methyl sites for hydroxylation is 1. The zero-order chi connectivity index (χ0) is 18.6. The Morgan fingerprint density at radius 1 is 1.15 bits per heavy atom. The van der Waals surface area contributed by atoms with Crippen LogP contribution in [0.5, 0.6) is 0 Å². The molecule has 1 amide bonds. The summed E-state index contributed by atoms with van der Waals surface area (Å²) in [6.45, 7) is 3.45. The lowest BCUT2D eigenvalue weighted by atomic mass is 10.0. The molecule has 27 heavy (non-hydrogen) atoms. The molecule has 0 bridgehead atoms. The van der Waals surface area contributed by atoms with Gasteiger partial charge in [0.2, 0.25) is 0 Å². The molecule has 138 valence electrons. The van der Waals surface area contributed by atoms with Gasteiger partial charge in [0.15, 0.2) is 0 Å². The second-order valence-electron chi connectivity index (χ2n) is 6.78. The largest absolute Gasteiger partial charge is 0.381 e. The molecular weight excluding hydrogens is 340 g/mol. The third-order valence-corrected chi connectivity index (χ3v) is 4.88. The number of ether oxygens (including phenoxy) is 1. The molecule has 1 aliphatic rings. The summed E-state index contributed by atoms with van der Waals surface area (Å²) >= 11 is 0. The van der Waals surface area contributed by atoms with Gasteiger partial charge in [-0.25, -0.2) is 4.68 Å². The summed E-state index contributed by atoms with van der Waals surface area (Å²) in [7, 11) is 0. The van der Waals surface area contributed by atoms with Gasteiger partial charge in [-0.2, -0.15) is 0 Å². The van der Waals surface area contributed by atoms with E-state index in [0.29, 0.717) is 11.6 Å². The second kappa shape index (κ2) is 7.72.